The van der Waals surface area contributed by atoms with Gasteiger partial charge in [-0.15, -0.1) is 0 Å². The molecule has 14 nitrogen and oxygen atoms in total. The van der Waals surface area contributed by atoms with Crippen LogP contribution in [0.4, 0.5) is 0 Å². The SMILES string of the molecule is CNC(=O)c1cccc(-c2ccc(O[C@H]3O[C@@]([C@@H](N)OC(C)=O)(N(C)I)[C@@H](OC(C)=O)[C@H](OC(C)=O)[C@@H]3OC(C)=O)c(C)c2)c1. The van der Waals surface area contributed by atoms with Crippen LogP contribution in [0.2, 0.25) is 0 Å². The van der Waals surface area contributed by atoms with Gasteiger partial charge in [-0.2, -0.15) is 0 Å². The number of hydrogen-bond donors (Lipinski definition) is 2. The molecule has 1 aliphatic rings. The summed E-state index contributed by atoms with van der Waals surface area (Å²) >= 11 is 1.80. The topological polar surface area (TPSA) is 182 Å². The first kappa shape index (κ1) is 35.7. The zero-order valence-corrected chi connectivity index (χ0v) is 28.0. The van der Waals surface area contributed by atoms with Crippen LogP contribution in [0.15, 0.2) is 42.5 Å². The Morgan fingerprint density at radius 3 is 2.04 bits per heavy atom. The molecule has 1 saturated heterocycles. The zero-order chi connectivity index (χ0) is 33.6. The fourth-order valence-electron chi connectivity index (χ4n) is 4.93. The van der Waals surface area contributed by atoms with E-state index < -0.39 is 60.4 Å². The standard InChI is InChI=1S/C30H36IN3O11/c1-15-13-21(20-9-8-10-22(14-20)27(39)33-6)11-12-23(15)44-28-25(41-17(3)36)24(40-16(2)35)26(42-18(4)37)30(45-28,34(7)31)29(32)43-19(5)38/h8-14,24-26,28-29H,32H2,1-7H3,(H,33,39)/t24-,25+,26+,28+,29+,30+/m1/s1. The lowest BCUT2D eigenvalue weighted by Gasteiger charge is -2.53. The van der Waals surface area contributed by atoms with Crippen molar-refractivity contribution in [1.82, 2.24) is 8.43 Å². The van der Waals surface area contributed by atoms with Crippen molar-refractivity contribution >= 4 is 52.6 Å². The van der Waals surface area contributed by atoms with Crippen LogP contribution in [-0.4, -0.2) is 83.5 Å². The molecule has 244 valence electrons. The molecule has 0 aromatic heterocycles. The Hall–Kier alpha value is -3.80. The van der Waals surface area contributed by atoms with Gasteiger partial charge in [-0.25, -0.2) is 3.11 Å². The lowest BCUT2D eigenvalue weighted by Crippen LogP contribution is -2.77. The van der Waals surface area contributed by atoms with Gasteiger partial charge in [0.05, 0.1) is 0 Å². The number of carbonyl (C=O) groups is 5. The molecule has 45 heavy (non-hydrogen) atoms. The predicted octanol–water partition coefficient (Wildman–Crippen LogP) is 2.38. The van der Waals surface area contributed by atoms with Gasteiger partial charge >= 0.3 is 23.9 Å². The summed E-state index contributed by atoms with van der Waals surface area (Å²) < 4.78 is 36.0. The minimum Gasteiger partial charge on any atom is -0.460 e. The van der Waals surface area contributed by atoms with E-state index in [-0.39, 0.29) is 11.7 Å². The number of amides is 1. The Balaban J connectivity index is 2.15. The number of halogens is 1. The number of benzene rings is 2. The van der Waals surface area contributed by atoms with Crippen molar-refractivity contribution in [2.24, 2.45) is 5.73 Å². The van der Waals surface area contributed by atoms with E-state index in [1.54, 1.807) is 67.2 Å². The number of likely N-dealkylation sites (N-methyl/N-ethyl adjacent to an activating group) is 1. The van der Waals surface area contributed by atoms with E-state index in [4.69, 9.17) is 34.2 Å². The summed E-state index contributed by atoms with van der Waals surface area (Å²) in [5, 5.41) is 2.60. The van der Waals surface area contributed by atoms with Crippen LogP contribution in [0.1, 0.15) is 43.6 Å². The van der Waals surface area contributed by atoms with E-state index in [0.29, 0.717) is 11.1 Å². The molecule has 1 fully saturated rings. The summed E-state index contributed by atoms with van der Waals surface area (Å²) in [4.78, 5) is 61.1. The summed E-state index contributed by atoms with van der Waals surface area (Å²) in [5.74, 6) is -3.13. The first-order valence-corrected chi connectivity index (χ1v) is 14.7. The highest BCUT2D eigenvalue weighted by molar-refractivity contribution is 14.1. The third-order valence-corrected chi connectivity index (χ3v) is 7.54. The van der Waals surface area contributed by atoms with Gasteiger partial charge in [-0.05, 0) is 54.9 Å². The summed E-state index contributed by atoms with van der Waals surface area (Å²) in [6, 6.07) is 12.3. The number of aryl methyl sites for hydroxylation is 1. The molecule has 1 heterocycles. The van der Waals surface area contributed by atoms with Gasteiger partial charge in [-0.3, -0.25) is 29.7 Å². The highest BCUT2D eigenvalue weighted by Gasteiger charge is 2.66. The lowest BCUT2D eigenvalue weighted by molar-refractivity contribution is -0.356. The van der Waals surface area contributed by atoms with Crippen molar-refractivity contribution in [1.29, 1.82) is 0 Å². The Bertz CT molecular complexity index is 1450. The minimum absolute atomic E-state index is 0.232. The second-order valence-corrected chi connectivity index (χ2v) is 11.6. The summed E-state index contributed by atoms with van der Waals surface area (Å²) in [6.45, 7) is 6.24. The first-order chi connectivity index (χ1) is 21.1. The molecule has 0 radical (unpaired) electrons. The summed E-state index contributed by atoms with van der Waals surface area (Å²) in [6.07, 6.45) is -7.74. The van der Waals surface area contributed by atoms with Gasteiger partial charge in [-0.1, -0.05) is 18.2 Å². The molecule has 2 aromatic carbocycles. The maximum absolute atomic E-state index is 12.3. The van der Waals surface area contributed by atoms with Crippen LogP contribution in [0.3, 0.4) is 0 Å². The minimum atomic E-state index is -2.02. The van der Waals surface area contributed by atoms with Crippen molar-refractivity contribution in [3.8, 4) is 16.9 Å². The highest BCUT2D eigenvalue weighted by atomic mass is 127. The third-order valence-electron chi connectivity index (χ3n) is 6.79. The molecule has 0 spiro atoms. The molecule has 6 atom stereocenters. The van der Waals surface area contributed by atoms with E-state index in [1.807, 2.05) is 12.1 Å². The monoisotopic (exact) mass is 741 g/mol. The van der Waals surface area contributed by atoms with E-state index >= 15 is 0 Å². The molecule has 0 aliphatic carbocycles. The smallest absolute Gasteiger partial charge is 0.304 e. The number of carbonyl (C=O) groups excluding carboxylic acids is 5. The molecule has 0 bridgehead atoms. The van der Waals surface area contributed by atoms with Crippen molar-refractivity contribution in [2.75, 3.05) is 14.1 Å². The van der Waals surface area contributed by atoms with E-state index in [9.17, 15) is 24.0 Å². The molecule has 1 amide bonds. The second kappa shape index (κ2) is 15.0. The summed E-state index contributed by atoms with van der Waals surface area (Å²) in [7, 11) is 3.05. The first-order valence-electron chi connectivity index (χ1n) is 13.7. The second-order valence-electron chi connectivity index (χ2n) is 10.2. The van der Waals surface area contributed by atoms with Crippen LogP contribution in [0.5, 0.6) is 5.75 Å². The maximum atomic E-state index is 12.3. The molecular weight excluding hydrogens is 705 g/mol. The molecule has 0 saturated carbocycles. The van der Waals surface area contributed by atoms with Gasteiger partial charge in [0.2, 0.25) is 18.1 Å². The number of esters is 4. The normalized spacial score (nSPS) is 23.3. The lowest BCUT2D eigenvalue weighted by atomic mass is 9.91. The third kappa shape index (κ3) is 8.27. The van der Waals surface area contributed by atoms with Crippen LogP contribution in [0, 0.1) is 6.92 Å². The molecule has 3 N–H and O–H groups in total. The molecule has 0 unspecified atom stereocenters. The van der Waals surface area contributed by atoms with E-state index in [2.05, 4.69) is 5.32 Å². The van der Waals surface area contributed by atoms with Crippen LogP contribution >= 0.6 is 22.9 Å². The maximum Gasteiger partial charge on any atom is 0.304 e. The Morgan fingerprint density at radius 2 is 1.51 bits per heavy atom. The quantitative estimate of drug-likeness (QED) is 0.119. The zero-order valence-electron chi connectivity index (χ0n) is 25.8. The fourth-order valence-corrected chi connectivity index (χ4v) is 5.59. The number of nitrogens with one attached hydrogen (secondary N) is 1. The number of rotatable bonds is 10. The van der Waals surface area contributed by atoms with E-state index in [0.717, 1.165) is 38.8 Å². The average Bonchev–Trinajstić information content (AvgIpc) is 2.95. The van der Waals surface area contributed by atoms with Crippen LogP contribution in [0.25, 0.3) is 11.1 Å². The highest BCUT2D eigenvalue weighted by Crippen LogP contribution is 2.42. The van der Waals surface area contributed by atoms with Gasteiger partial charge in [0, 0.05) is 63.2 Å². The van der Waals surface area contributed by atoms with Crippen LogP contribution < -0.4 is 15.8 Å². The van der Waals surface area contributed by atoms with Gasteiger partial charge in [0.25, 0.3) is 5.91 Å². The predicted molar refractivity (Wildman–Crippen MR) is 166 cm³/mol. The van der Waals surface area contributed by atoms with Crippen molar-refractivity contribution in [3.63, 3.8) is 0 Å². The van der Waals surface area contributed by atoms with Crippen LogP contribution in [-0.2, 0) is 42.9 Å². The Morgan fingerprint density at radius 1 is 0.911 bits per heavy atom. The number of hydrogen-bond acceptors (Lipinski definition) is 13. The Kier molecular flexibility index (Phi) is 11.9. The Labute approximate surface area is 274 Å². The number of nitrogens with zero attached hydrogens (tertiary/aromatic N) is 1. The molecule has 3 rings (SSSR count). The molecule has 15 heteroatoms. The molecule has 2 aromatic rings. The fraction of sp³-hybridized carbons (Fsp3) is 0.433. The summed E-state index contributed by atoms with van der Waals surface area (Å²) in [5.41, 5.74) is 6.99. The molecular formula is C30H36IN3O11. The van der Waals surface area contributed by atoms with Gasteiger partial charge in [0.15, 0.2) is 18.4 Å². The number of ether oxygens (including phenoxy) is 6. The van der Waals surface area contributed by atoms with E-state index in [1.165, 1.54) is 10.2 Å². The average molecular weight is 742 g/mol. The van der Waals surface area contributed by atoms with Crippen molar-refractivity contribution in [2.45, 2.75) is 71.2 Å². The van der Waals surface area contributed by atoms with Crippen molar-refractivity contribution < 1.29 is 52.4 Å². The van der Waals surface area contributed by atoms with Gasteiger partial charge in [0.1, 0.15) is 5.75 Å². The number of nitrogens with two attached hydrogens (primary N) is 1. The largest absolute Gasteiger partial charge is 0.460 e. The molecule has 1 aliphatic heterocycles. The van der Waals surface area contributed by atoms with Gasteiger partial charge < -0.3 is 33.7 Å². The van der Waals surface area contributed by atoms with Crippen molar-refractivity contribution in [3.05, 3.63) is 53.6 Å².